The number of rotatable bonds is 2. The van der Waals surface area contributed by atoms with Crippen LogP contribution in [0.5, 0.6) is 0 Å². The van der Waals surface area contributed by atoms with Crippen molar-refractivity contribution in [3.05, 3.63) is 11.8 Å². The fourth-order valence-electron chi connectivity index (χ4n) is 0.288. The van der Waals surface area contributed by atoms with Gasteiger partial charge in [0.15, 0.2) is 0 Å². The monoisotopic (exact) mass is 127 g/mol. The molecule has 9 heavy (non-hydrogen) atoms. The highest BCUT2D eigenvalue weighted by Gasteiger charge is 1.73. The summed E-state index contributed by atoms with van der Waals surface area (Å²) < 4.78 is 0. The van der Waals surface area contributed by atoms with Crippen molar-refractivity contribution in [1.82, 2.24) is 5.01 Å². The SMILES string of the molecule is CC(C)=C/N=C\N(C)N. The third-order valence-electron chi connectivity index (χ3n) is 0.582. The second-order valence-corrected chi connectivity index (χ2v) is 2.14. The van der Waals surface area contributed by atoms with Crippen LogP contribution in [0, 0.1) is 0 Å². The molecule has 3 nitrogen and oxygen atoms in total. The van der Waals surface area contributed by atoms with Crippen molar-refractivity contribution in [3.8, 4) is 0 Å². The summed E-state index contributed by atoms with van der Waals surface area (Å²) in [7, 11) is 1.72. The lowest BCUT2D eigenvalue weighted by molar-refractivity contribution is 0.556. The van der Waals surface area contributed by atoms with Gasteiger partial charge in [0, 0.05) is 13.2 Å². The van der Waals surface area contributed by atoms with E-state index in [-0.39, 0.29) is 0 Å². The molecule has 0 radical (unpaired) electrons. The van der Waals surface area contributed by atoms with Gasteiger partial charge < -0.3 is 5.01 Å². The summed E-state index contributed by atoms with van der Waals surface area (Å²) in [6.45, 7) is 3.96. The molecule has 0 amide bonds. The Balaban J connectivity index is 3.60. The second-order valence-electron chi connectivity index (χ2n) is 2.14. The Morgan fingerprint density at radius 2 is 2.11 bits per heavy atom. The summed E-state index contributed by atoms with van der Waals surface area (Å²) in [5.74, 6) is 5.23. The molecular weight excluding hydrogens is 114 g/mol. The molecule has 0 bridgehead atoms. The van der Waals surface area contributed by atoms with Gasteiger partial charge >= 0.3 is 0 Å². The minimum Gasteiger partial charge on any atom is -0.304 e. The summed E-state index contributed by atoms with van der Waals surface area (Å²) in [6.07, 6.45) is 3.30. The molecule has 0 aliphatic carbocycles. The maximum Gasteiger partial charge on any atom is 0.104 e. The predicted octanol–water partition coefficient (Wildman–Crippen LogP) is 0.744. The number of nitrogens with zero attached hydrogens (tertiary/aromatic N) is 2. The first-order valence-corrected chi connectivity index (χ1v) is 2.77. The van der Waals surface area contributed by atoms with Crippen molar-refractivity contribution >= 4 is 6.34 Å². The molecule has 0 fully saturated rings. The molecule has 0 spiro atoms. The molecule has 0 saturated carbocycles. The largest absolute Gasteiger partial charge is 0.304 e. The average molecular weight is 127 g/mol. The number of allylic oxidation sites excluding steroid dienone is 1. The molecule has 0 atom stereocenters. The summed E-state index contributed by atoms with van der Waals surface area (Å²) in [6, 6.07) is 0. The van der Waals surface area contributed by atoms with E-state index in [9.17, 15) is 0 Å². The van der Waals surface area contributed by atoms with Gasteiger partial charge in [-0.15, -0.1) is 0 Å². The van der Waals surface area contributed by atoms with Crippen molar-refractivity contribution in [2.45, 2.75) is 13.8 Å². The maximum absolute atomic E-state index is 5.23. The molecule has 0 saturated heterocycles. The molecule has 0 rings (SSSR count). The fourth-order valence-corrected chi connectivity index (χ4v) is 0.288. The number of aliphatic imine (C=N–C) groups is 1. The van der Waals surface area contributed by atoms with Gasteiger partial charge in [0.05, 0.1) is 0 Å². The molecule has 2 N–H and O–H groups in total. The molecule has 52 valence electrons. The van der Waals surface area contributed by atoms with Gasteiger partial charge in [0.2, 0.25) is 0 Å². The van der Waals surface area contributed by atoms with Crippen LogP contribution in [0.25, 0.3) is 0 Å². The third-order valence-corrected chi connectivity index (χ3v) is 0.582. The Hall–Kier alpha value is -0.830. The molecular formula is C6H13N3. The van der Waals surface area contributed by atoms with E-state index in [4.69, 9.17) is 5.84 Å². The van der Waals surface area contributed by atoms with E-state index < -0.39 is 0 Å². The topological polar surface area (TPSA) is 41.6 Å². The highest BCUT2D eigenvalue weighted by molar-refractivity contribution is 5.54. The second kappa shape index (κ2) is 4.09. The van der Waals surface area contributed by atoms with Crippen LogP contribution in [0.2, 0.25) is 0 Å². The average Bonchev–Trinajstić information content (AvgIpc) is 1.63. The van der Waals surface area contributed by atoms with Gasteiger partial charge in [-0.25, -0.2) is 10.8 Å². The minimum atomic E-state index is 1.16. The van der Waals surface area contributed by atoms with E-state index in [2.05, 4.69) is 4.99 Å². The van der Waals surface area contributed by atoms with E-state index in [1.165, 1.54) is 5.01 Å². The number of nitrogens with two attached hydrogens (primary N) is 1. The van der Waals surface area contributed by atoms with E-state index in [0.717, 1.165) is 5.57 Å². The minimum absolute atomic E-state index is 1.16. The van der Waals surface area contributed by atoms with Crippen molar-refractivity contribution in [1.29, 1.82) is 0 Å². The van der Waals surface area contributed by atoms with Crippen LogP contribution >= 0.6 is 0 Å². The summed E-state index contributed by atoms with van der Waals surface area (Å²) >= 11 is 0. The smallest absolute Gasteiger partial charge is 0.104 e. The van der Waals surface area contributed by atoms with Crippen LogP contribution in [0.15, 0.2) is 16.8 Å². The normalized spacial score (nSPS) is 9.78. The van der Waals surface area contributed by atoms with Crippen LogP contribution in [0.3, 0.4) is 0 Å². The molecule has 0 unspecified atom stereocenters. The molecule has 0 aliphatic rings. The predicted molar refractivity (Wildman–Crippen MR) is 39.9 cm³/mol. The summed E-state index contributed by atoms with van der Waals surface area (Å²) in [5.41, 5.74) is 1.16. The van der Waals surface area contributed by atoms with Gasteiger partial charge in [0.1, 0.15) is 6.34 Å². The van der Waals surface area contributed by atoms with E-state index in [1.807, 2.05) is 13.8 Å². The zero-order valence-corrected chi connectivity index (χ0v) is 6.13. The first-order chi connectivity index (χ1) is 4.13. The van der Waals surface area contributed by atoms with Gasteiger partial charge in [-0.05, 0) is 13.8 Å². The number of hydrazine groups is 1. The summed E-state index contributed by atoms with van der Waals surface area (Å²) in [4.78, 5) is 3.88. The Labute approximate surface area is 55.8 Å². The van der Waals surface area contributed by atoms with Crippen LogP contribution < -0.4 is 5.84 Å². The van der Waals surface area contributed by atoms with Crippen LogP contribution in [0.4, 0.5) is 0 Å². The summed E-state index contributed by atoms with van der Waals surface area (Å²) in [5, 5.41) is 1.40. The van der Waals surface area contributed by atoms with E-state index in [0.29, 0.717) is 0 Å². The zero-order chi connectivity index (χ0) is 7.28. The van der Waals surface area contributed by atoms with Crippen LogP contribution in [0.1, 0.15) is 13.8 Å². The van der Waals surface area contributed by atoms with Crippen LogP contribution in [-0.4, -0.2) is 18.4 Å². The van der Waals surface area contributed by atoms with Gasteiger partial charge in [-0.2, -0.15) is 0 Å². The highest BCUT2D eigenvalue weighted by Crippen LogP contribution is 1.86. The van der Waals surface area contributed by atoms with Gasteiger partial charge in [0.25, 0.3) is 0 Å². The Bertz CT molecular complexity index is 120. The third kappa shape index (κ3) is 7.17. The lowest BCUT2D eigenvalue weighted by atomic mass is 10.4. The molecule has 0 heterocycles. The lowest BCUT2D eigenvalue weighted by Gasteiger charge is -1.99. The number of hydrogen-bond acceptors (Lipinski definition) is 2. The Morgan fingerprint density at radius 3 is 2.44 bits per heavy atom. The zero-order valence-electron chi connectivity index (χ0n) is 6.13. The Morgan fingerprint density at radius 1 is 1.56 bits per heavy atom. The Kier molecular flexibility index (Phi) is 3.71. The van der Waals surface area contributed by atoms with Crippen molar-refractivity contribution < 1.29 is 0 Å². The van der Waals surface area contributed by atoms with Gasteiger partial charge in [-0.1, -0.05) is 5.57 Å². The molecule has 0 aromatic carbocycles. The first kappa shape index (κ1) is 8.17. The van der Waals surface area contributed by atoms with E-state index >= 15 is 0 Å². The lowest BCUT2D eigenvalue weighted by Crippen LogP contribution is -2.23. The molecule has 3 heteroatoms. The quantitative estimate of drug-likeness (QED) is 0.257. The van der Waals surface area contributed by atoms with E-state index in [1.54, 1.807) is 19.6 Å². The van der Waals surface area contributed by atoms with Crippen LogP contribution in [-0.2, 0) is 0 Å². The maximum atomic E-state index is 5.23. The fraction of sp³-hybridized carbons (Fsp3) is 0.500. The van der Waals surface area contributed by atoms with Crippen molar-refractivity contribution in [3.63, 3.8) is 0 Å². The van der Waals surface area contributed by atoms with Gasteiger partial charge in [-0.3, -0.25) is 0 Å². The molecule has 0 aromatic rings. The molecule has 0 aromatic heterocycles. The number of hydrogen-bond donors (Lipinski definition) is 1. The standard InChI is InChI=1S/C6H13N3/c1-6(2)4-8-5-9(3)7/h4-5H,7H2,1-3H3/b8-5-. The highest BCUT2D eigenvalue weighted by atomic mass is 15.4. The van der Waals surface area contributed by atoms with Crippen molar-refractivity contribution in [2.75, 3.05) is 7.05 Å². The molecule has 0 aliphatic heterocycles. The first-order valence-electron chi connectivity index (χ1n) is 2.77. The van der Waals surface area contributed by atoms with Crippen molar-refractivity contribution in [2.24, 2.45) is 10.8 Å².